The van der Waals surface area contributed by atoms with Gasteiger partial charge in [-0.05, 0) is 19.9 Å². The van der Waals surface area contributed by atoms with Gasteiger partial charge in [0.1, 0.15) is 10.8 Å². The van der Waals surface area contributed by atoms with E-state index in [1.807, 2.05) is 0 Å². The molecule has 0 aliphatic rings. The molecule has 15 heavy (non-hydrogen) atoms. The first-order chi connectivity index (χ1) is 6.93. The molecular formula is C9H9ClFNO3. The van der Waals surface area contributed by atoms with E-state index in [1.165, 1.54) is 6.07 Å². The zero-order chi connectivity index (χ0) is 11.6. The van der Waals surface area contributed by atoms with Gasteiger partial charge in [0.2, 0.25) is 5.82 Å². The Labute approximate surface area is 90.8 Å². The molecule has 0 amide bonds. The van der Waals surface area contributed by atoms with Crippen LogP contribution >= 0.6 is 11.6 Å². The van der Waals surface area contributed by atoms with Crippen molar-refractivity contribution in [3.05, 3.63) is 33.1 Å². The van der Waals surface area contributed by atoms with Gasteiger partial charge in [-0.3, -0.25) is 10.1 Å². The highest BCUT2D eigenvalue weighted by molar-refractivity contribution is 6.32. The van der Waals surface area contributed by atoms with E-state index in [2.05, 4.69) is 0 Å². The molecule has 1 rings (SSSR count). The van der Waals surface area contributed by atoms with E-state index >= 15 is 0 Å². The first-order valence-electron chi connectivity index (χ1n) is 4.22. The van der Waals surface area contributed by atoms with Crippen molar-refractivity contribution in [1.29, 1.82) is 0 Å². The average molecular weight is 234 g/mol. The molecule has 0 spiro atoms. The van der Waals surface area contributed by atoms with Crippen molar-refractivity contribution in [2.45, 2.75) is 20.0 Å². The summed E-state index contributed by atoms with van der Waals surface area (Å²) < 4.78 is 18.5. The second-order valence-electron chi connectivity index (χ2n) is 3.13. The summed E-state index contributed by atoms with van der Waals surface area (Å²) in [7, 11) is 0. The lowest BCUT2D eigenvalue weighted by molar-refractivity contribution is -0.387. The molecule has 0 unspecified atom stereocenters. The number of halogens is 2. The zero-order valence-electron chi connectivity index (χ0n) is 8.16. The maximum absolute atomic E-state index is 13.3. The SMILES string of the molecule is CC(C)Oc1ccc([N+](=O)[O-])c(F)c1Cl. The minimum absolute atomic E-state index is 0.106. The molecule has 0 aliphatic carbocycles. The summed E-state index contributed by atoms with van der Waals surface area (Å²) in [4.78, 5) is 9.54. The molecule has 1 aromatic carbocycles. The van der Waals surface area contributed by atoms with Crippen LogP contribution in [0.4, 0.5) is 10.1 Å². The molecule has 0 atom stereocenters. The Morgan fingerprint density at radius 3 is 2.60 bits per heavy atom. The van der Waals surface area contributed by atoms with Crippen LogP contribution in [0.25, 0.3) is 0 Å². The quantitative estimate of drug-likeness (QED) is 0.595. The number of hydrogen-bond acceptors (Lipinski definition) is 3. The van der Waals surface area contributed by atoms with Crippen molar-refractivity contribution >= 4 is 17.3 Å². The van der Waals surface area contributed by atoms with Gasteiger partial charge in [0.15, 0.2) is 0 Å². The Bertz CT molecular complexity index is 395. The summed E-state index contributed by atoms with van der Waals surface area (Å²) in [5.41, 5.74) is -0.656. The molecule has 0 saturated carbocycles. The first-order valence-corrected chi connectivity index (χ1v) is 4.60. The lowest BCUT2D eigenvalue weighted by atomic mass is 10.3. The Morgan fingerprint density at radius 1 is 1.53 bits per heavy atom. The summed E-state index contributed by atoms with van der Waals surface area (Å²) in [6, 6.07) is 2.31. The predicted molar refractivity (Wildman–Crippen MR) is 53.8 cm³/mol. The van der Waals surface area contributed by atoms with E-state index in [0.717, 1.165) is 6.07 Å². The molecule has 82 valence electrons. The second-order valence-corrected chi connectivity index (χ2v) is 3.51. The van der Waals surface area contributed by atoms with Crippen LogP contribution in [0.5, 0.6) is 5.75 Å². The molecule has 0 aromatic heterocycles. The van der Waals surface area contributed by atoms with Crippen molar-refractivity contribution in [3.63, 3.8) is 0 Å². The number of ether oxygens (including phenoxy) is 1. The van der Waals surface area contributed by atoms with E-state index in [9.17, 15) is 14.5 Å². The lowest BCUT2D eigenvalue weighted by Gasteiger charge is -2.11. The molecular weight excluding hydrogens is 225 g/mol. The van der Waals surface area contributed by atoms with E-state index in [-0.39, 0.29) is 16.9 Å². The fraction of sp³-hybridized carbons (Fsp3) is 0.333. The zero-order valence-corrected chi connectivity index (χ0v) is 8.92. The second kappa shape index (κ2) is 4.44. The summed E-state index contributed by atoms with van der Waals surface area (Å²) in [6.07, 6.45) is -0.177. The number of rotatable bonds is 3. The Balaban J connectivity index is 3.15. The van der Waals surface area contributed by atoms with E-state index in [4.69, 9.17) is 16.3 Å². The lowest BCUT2D eigenvalue weighted by Crippen LogP contribution is -2.06. The Kier molecular flexibility index (Phi) is 3.47. The van der Waals surface area contributed by atoms with Gasteiger partial charge >= 0.3 is 5.69 Å². The predicted octanol–water partition coefficient (Wildman–Crippen LogP) is 3.17. The molecule has 6 heteroatoms. The van der Waals surface area contributed by atoms with Crippen LogP contribution in [0.15, 0.2) is 12.1 Å². The molecule has 0 bridgehead atoms. The number of nitro groups is 1. The largest absolute Gasteiger partial charge is 0.489 e. The van der Waals surface area contributed by atoms with Crippen LogP contribution in [-0.4, -0.2) is 11.0 Å². The Hall–Kier alpha value is -1.36. The molecule has 0 fully saturated rings. The van der Waals surface area contributed by atoms with Gasteiger partial charge in [0, 0.05) is 6.07 Å². The van der Waals surface area contributed by atoms with E-state index < -0.39 is 16.4 Å². The Morgan fingerprint density at radius 2 is 2.13 bits per heavy atom. The van der Waals surface area contributed by atoms with Crippen LogP contribution in [0.3, 0.4) is 0 Å². The van der Waals surface area contributed by atoms with E-state index in [1.54, 1.807) is 13.8 Å². The van der Waals surface area contributed by atoms with Crippen molar-refractivity contribution in [2.24, 2.45) is 0 Å². The molecule has 0 saturated heterocycles. The number of benzene rings is 1. The third-order valence-electron chi connectivity index (χ3n) is 1.59. The van der Waals surface area contributed by atoms with Crippen LogP contribution in [0.2, 0.25) is 5.02 Å². The summed E-state index contributed by atoms with van der Waals surface area (Å²) in [6.45, 7) is 3.49. The van der Waals surface area contributed by atoms with Crippen LogP contribution in [0.1, 0.15) is 13.8 Å². The van der Waals surface area contributed by atoms with Gasteiger partial charge in [-0.2, -0.15) is 4.39 Å². The first kappa shape index (κ1) is 11.7. The van der Waals surface area contributed by atoms with Crippen molar-refractivity contribution in [2.75, 3.05) is 0 Å². The van der Waals surface area contributed by atoms with Crippen molar-refractivity contribution in [1.82, 2.24) is 0 Å². The minimum Gasteiger partial charge on any atom is -0.489 e. The summed E-state index contributed by atoms with van der Waals surface area (Å²) >= 11 is 5.58. The van der Waals surface area contributed by atoms with Gasteiger partial charge in [-0.1, -0.05) is 11.6 Å². The highest BCUT2D eigenvalue weighted by atomic mass is 35.5. The fourth-order valence-corrected chi connectivity index (χ4v) is 1.21. The molecule has 0 heterocycles. The number of nitrogens with zero attached hydrogens (tertiary/aromatic N) is 1. The van der Waals surface area contributed by atoms with Gasteiger partial charge in [-0.25, -0.2) is 0 Å². The highest BCUT2D eigenvalue weighted by Gasteiger charge is 2.20. The van der Waals surface area contributed by atoms with Gasteiger partial charge in [0.25, 0.3) is 0 Å². The molecule has 4 nitrogen and oxygen atoms in total. The molecule has 1 aromatic rings. The topological polar surface area (TPSA) is 52.4 Å². The standard InChI is InChI=1S/C9H9ClFNO3/c1-5(2)15-7-4-3-6(12(13)14)9(11)8(7)10/h3-5H,1-2H3. The monoisotopic (exact) mass is 233 g/mol. The smallest absolute Gasteiger partial charge is 0.306 e. The number of hydrogen-bond donors (Lipinski definition) is 0. The molecule has 0 aliphatic heterocycles. The van der Waals surface area contributed by atoms with E-state index in [0.29, 0.717) is 0 Å². The maximum Gasteiger partial charge on any atom is 0.306 e. The van der Waals surface area contributed by atoms with Crippen molar-refractivity contribution in [3.8, 4) is 5.75 Å². The third kappa shape index (κ3) is 2.56. The van der Waals surface area contributed by atoms with Crippen LogP contribution in [-0.2, 0) is 0 Å². The molecule has 0 radical (unpaired) electrons. The highest BCUT2D eigenvalue weighted by Crippen LogP contribution is 2.33. The normalized spacial score (nSPS) is 10.5. The van der Waals surface area contributed by atoms with Crippen LogP contribution < -0.4 is 4.74 Å². The van der Waals surface area contributed by atoms with Gasteiger partial charge in [0.05, 0.1) is 11.0 Å². The van der Waals surface area contributed by atoms with Gasteiger partial charge in [-0.15, -0.1) is 0 Å². The third-order valence-corrected chi connectivity index (χ3v) is 1.94. The summed E-state index contributed by atoms with van der Waals surface area (Å²) in [5, 5.41) is 10.0. The van der Waals surface area contributed by atoms with Gasteiger partial charge < -0.3 is 4.74 Å². The van der Waals surface area contributed by atoms with Crippen LogP contribution in [0, 0.1) is 15.9 Å². The fourth-order valence-electron chi connectivity index (χ4n) is 1.01. The molecule has 0 N–H and O–H groups in total. The number of nitro benzene ring substituents is 1. The van der Waals surface area contributed by atoms with Crippen molar-refractivity contribution < 1.29 is 14.1 Å². The average Bonchev–Trinajstić information content (AvgIpc) is 2.12. The maximum atomic E-state index is 13.3. The summed E-state index contributed by atoms with van der Waals surface area (Å²) in [5.74, 6) is -0.963. The minimum atomic E-state index is -1.07.